The molecule has 17 heavy (non-hydrogen) atoms. The molecule has 1 amide bonds. The molecule has 4 heteroatoms. The van der Waals surface area contributed by atoms with Gasteiger partial charge < -0.3 is 10.4 Å². The van der Waals surface area contributed by atoms with Crippen LogP contribution in [0.25, 0.3) is 0 Å². The number of amides is 1. The van der Waals surface area contributed by atoms with Gasteiger partial charge in [0.25, 0.3) is 0 Å². The smallest absolute Gasteiger partial charge is 0.233 e. The lowest BCUT2D eigenvalue weighted by Gasteiger charge is -2.21. The third kappa shape index (κ3) is 4.44. The molecule has 0 atom stereocenters. The summed E-state index contributed by atoms with van der Waals surface area (Å²) in [5, 5.41) is 12.3. The number of aromatic hydroxyl groups is 1. The van der Waals surface area contributed by atoms with E-state index in [1.165, 1.54) is 0 Å². The lowest BCUT2D eigenvalue weighted by molar-refractivity contribution is -0.121. The molecule has 0 aliphatic carbocycles. The van der Waals surface area contributed by atoms with Crippen LogP contribution in [-0.4, -0.2) is 36.1 Å². The van der Waals surface area contributed by atoms with Gasteiger partial charge in [-0.25, -0.2) is 0 Å². The number of likely N-dealkylation sites (N-methyl/N-ethyl adjacent to an activating group) is 1. The molecule has 0 aromatic heterocycles. The Morgan fingerprint density at radius 1 is 1.41 bits per heavy atom. The van der Waals surface area contributed by atoms with Gasteiger partial charge in [-0.2, -0.15) is 0 Å². The Labute approximate surface area is 102 Å². The van der Waals surface area contributed by atoms with Gasteiger partial charge in [0.1, 0.15) is 5.75 Å². The number of para-hydroxylation sites is 1. The molecule has 1 aromatic carbocycles. The summed E-state index contributed by atoms with van der Waals surface area (Å²) in [6.45, 7) is 3.86. The Hall–Kier alpha value is -1.55. The minimum Gasteiger partial charge on any atom is -0.508 e. The second-order valence-corrected chi connectivity index (χ2v) is 4.01. The van der Waals surface area contributed by atoms with E-state index in [0.717, 1.165) is 18.5 Å². The van der Waals surface area contributed by atoms with Crippen molar-refractivity contribution in [1.29, 1.82) is 0 Å². The van der Waals surface area contributed by atoms with E-state index in [0.29, 0.717) is 13.1 Å². The Morgan fingerprint density at radius 2 is 2.12 bits per heavy atom. The topological polar surface area (TPSA) is 52.6 Å². The summed E-state index contributed by atoms with van der Waals surface area (Å²) in [5.41, 5.74) is 0.852. The first-order valence-corrected chi connectivity index (χ1v) is 5.87. The zero-order valence-corrected chi connectivity index (χ0v) is 10.4. The number of hydrogen-bond donors (Lipinski definition) is 2. The third-order valence-corrected chi connectivity index (χ3v) is 2.57. The summed E-state index contributed by atoms with van der Waals surface area (Å²) in [7, 11) is 1.63. The van der Waals surface area contributed by atoms with Crippen LogP contribution in [0.3, 0.4) is 0 Å². The van der Waals surface area contributed by atoms with Crippen LogP contribution in [0.4, 0.5) is 0 Å². The molecular formula is C13H20N2O2. The zero-order chi connectivity index (χ0) is 12.7. The molecule has 1 aromatic rings. The van der Waals surface area contributed by atoms with Crippen LogP contribution in [0, 0.1) is 0 Å². The maximum Gasteiger partial charge on any atom is 0.233 e. The highest BCUT2D eigenvalue weighted by Gasteiger charge is 2.11. The summed E-state index contributed by atoms with van der Waals surface area (Å²) >= 11 is 0. The van der Waals surface area contributed by atoms with Gasteiger partial charge in [-0.1, -0.05) is 25.1 Å². The predicted octanol–water partition coefficient (Wildman–Crippen LogP) is 1.35. The van der Waals surface area contributed by atoms with Gasteiger partial charge >= 0.3 is 0 Å². The quantitative estimate of drug-likeness (QED) is 0.784. The molecule has 0 radical (unpaired) electrons. The highest BCUT2D eigenvalue weighted by atomic mass is 16.3. The molecule has 4 nitrogen and oxygen atoms in total. The first-order valence-electron chi connectivity index (χ1n) is 5.87. The second kappa shape index (κ2) is 6.91. The number of hydrogen-bond acceptors (Lipinski definition) is 3. The predicted molar refractivity (Wildman–Crippen MR) is 67.7 cm³/mol. The van der Waals surface area contributed by atoms with Gasteiger partial charge in [0.2, 0.25) is 5.91 Å². The average molecular weight is 236 g/mol. The number of carbonyl (C=O) groups excluding carboxylic acids is 1. The van der Waals surface area contributed by atoms with E-state index in [1.807, 2.05) is 17.0 Å². The maximum absolute atomic E-state index is 11.4. The highest BCUT2D eigenvalue weighted by Crippen LogP contribution is 2.17. The fraction of sp³-hybridized carbons (Fsp3) is 0.462. The molecule has 94 valence electrons. The number of phenolic OH excluding ortho intramolecular Hbond substituents is 1. The van der Waals surface area contributed by atoms with E-state index >= 15 is 0 Å². The van der Waals surface area contributed by atoms with Gasteiger partial charge in [0.15, 0.2) is 0 Å². The highest BCUT2D eigenvalue weighted by molar-refractivity contribution is 5.77. The molecule has 0 saturated carbocycles. The summed E-state index contributed by atoms with van der Waals surface area (Å²) in [6.07, 6.45) is 0.977. The summed E-state index contributed by atoms with van der Waals surface area (Å²) < 4.78 is 0. The number of benzene rings is 1. The Morgan fingerprint density at radius 3 is 2.71 bits per heavy atom. The molecule has 0 spiro atoms. The van der Waals surface area contributed by atoms with E-state index in [-0.39, 0.29) is 11.7 Å². The van der Waals surface area contributed by atoms with Gasteiger partial charge in [0, 0.05) is 19.2 Å². The van der Waals surface area contributed by atoms with Crippen molar-refractivity contribution >= 4 is 5.91 Å². The minimum absolute atomic E-state index is 0.00568. The second-order valence-electron chi connectivity index (χ2n) is 4.01. The average Bonchev–Trinajstić information content (AvgIpc) is 2.32. The Balaban J connectivity index is 2.66. The molecule has 0 bridgehead atoms. The fourth-order valence-corrected chi connectivity index (χ4v) is 1.70. The van der Waals surface area contributed by atoms with Gasteiger partial charge in [0.05, 0.1) is 6.54 Å². The van der Waals surface area contributed by atoms with Crippen molar-refractivity contribution < 1.29 is 9.90 Å². The molecule has 2 N–H and O–H groups in total. The van der Waals surface area contributed by atoms with Crippen LogP contribution >= 0.6 is 0 Å². The van der Waals surface area contributed by atoms with E-state index in [4.69, 9.17) is 0 Å². The van der Waals surface area contributed by atoms with Crippen LogP contribution in [0.1, 0.15) is 18.9 Å². The van der Waals surface area contributed by atoms with Crippen molar-refractivity contribution in [2.45, 2.75) is 19.9 Å². The molecule has 0 unspecified atom stereocenters. The van der Waals surface area contributed by atoms with Crippen molar-refractivity contribution in [3.05, 3.63) is 29.8 Å². The van der Waals surface area contributed by atoms with Crippen molar-refractivity contribution in [1.82, 2.24) is 10.2 Å². The van der Waals surface area contributed by atoms with E-state index in [1.54, 1.807) is 19.2 Å². The normalized spacial score (nSPS) is 10.5. The van der Waals surface area contributed by atoms with Crippen molar-refractivity contribution in [2.75, 3.05) is 20.1 Å². The molecule has 0 fully saturated rings. The molecule has 0 saturated heterocycles. The van der Waals surface area contributed by atoms with Crippen LogP contribution < -0.4 is 5.32 Å². The van der Waals surface area contributed by atoms with Crippen LogP contribution in [0.5, 0.6) is 5.75 Å². The van der Waals surface area contributed by atoms with Gasteiger partial charge in [-0.3, -0.25) is 9.69 Å². The van der Waals surface area contributed by atoms with Gasteiger partial charge in [-0.05, 0) is 19.0 Å². The van der Waals surface area contributed by atoms with Crippen LogP contribution in [0.2, 0.25) is 0 Å². The van der Waals surface area contributed by atoms with Crippen molar-refractivity contribution in [3.8, 4) is 5.75 Å². The Bertz CT molecular complexity index is 366. The number of carbonyl (C=O) groups is 1. The SMILES string of the molecule is CCCN(CC(=O)NC)Cc1ccccc1O. The summed E-state index contributed by atoms with van der Waals surface area (Å²) in [6, 6.07) is 7.22. The maximum atomic E-state index is 11.4. The molecule has 1 rings (SSSR count). The van der Waals surface area contributed by atoms with Gasteiger partial charge in [-0.15, -0.1) is 0 Å². The lowest BCUT2D eigenvalue weighted by Crippen LogP contribution is -2.35. The van der Waals surface area contributed by atoms with Crippen molar-refractivity contribution in [3.63, 3.8) is 0 Å². The number of rotatable bonds is 6. The number of phenols is 1. The molecule has 0 heterocycles. The summed E-state index contributed by atoms with van der Waals surface area (Å²) in [4.78, 5) is 13.4. The number of nitrogens with one attached hydrogen (secondary N) is 1. The standard InChI is InChI=1S/C13H20N2O2/c1-3-8-15(10-13(17)14-2)9-11-6-4-5-7-12(11)16/h4-7,16H,3,8-10H2,1-2H3,(H,14,17). The number of nitrogens with zero attached hydrogens (tertiary/aromatic N) is 1. The van der Waals surface area contributed by atoms with E-state index in [2.05, 4.69) is 12.2 Å². The molecule has 0 aliphatic heterocycles. The molecular weight excluding hydrogens is 216 g/mol. The fourth-order valence-electron chi connectivity index (χ4n) is 1.70. The monoisotopic (exact) mass is 236 g/mol. The first kappa shape index (κ1) is 13.5. The van der Waals surface area contributed by atoms with E-state index in [9.17, 15) is 9.90 Å². The summed E-state index contributed by atoms with van der Waals surface area (Å²) in [5.74, 6) is 0.277. The lowest BCUT2D eigenvalue weighted by atomic mass is 10.2. The minimum atomic E-state index is -0.00568. The Kier molecular flexibility index (Phi) is 5.49. The van der Waals surface area contributed by atoms with Crippen molar-refractivity contribution in [2.24, 2.45) is 0 Å². The van der Waals surface area contributed by atoms with Crippen LogP contribution in [-0.2, 0) is 11.3 Å². The third-order valence-electron chi connectivity index (χ3n) is 2.57. The van der Waals surface area contributed by atoms with E-state index < -0.39 is 0 Å². The molecule has 0 aliphatic rings. The largest absolute Gasteiger partial charge is 0.508 e. The van der Waals surface area contributed by atoms with Crippen LogP contribution in [0.15, 0.2) is 24.3 Å². The first-order chi connectivity index (χ1) is 8.17. The zero-order valence-electron chi connectivity index (χ0n) is 10.4.